The number of carbonyl (C=O) groups is 2. The Kier molecular flexibility index (Phi) is 10.4. The molecular weight excluding hydrogens is 557 g/mol. The van der Waals surface area contributed by atoms with Crippen LogP contribution < -0.4 is 9.62 Å². The van der Waals surface area contributed by atoms with Crippen molar-refractivity contribution in [2.75, 3.05) is 17.4 Å². The zero-order valence-corrected chi connectivity index (χ0v) is 24.7. The molecule has 0 aromatic heterocycles. The number of halogens is 2. The number of sulfonamides is 1. The first kappa shape index (κ1) is 30.5. The van der Waals surface area contributed by atoms with Crippen molar-refractivity contribution < 1.29 is 18.0 Å². The van der Waals surface area contributed by atoms with Gasteiger partial charge in [-0.25, -0.2) is 8.42 Å². The summed E-state index contributed by atoms with van der Waals surface area (Å²) in [7, 11) is -4.16. The van der Waals surface area contributed by atoms with Crippen LogP contribution in [0.15, 0.2) is 77.7 Å². The molecule has 0 aliphatic rings. The van der Waals surface area contributed by atoms with Crippen molar-refractivity contribution in [2.45, 2.75) is 45.2 Å². The number of nitrogens with zero attached hydrogens (tertiary/aromatic N) is 2. The lowest BCUT2D eigenvalue weighted by Crippen LogP contribution is -2.51. The molecule has 0 saturated heterocycles. The number of rotatable bonds is 11. The summed E-state index contributed by atoms with van der Waals surface area (Å²) in [5.74, 6) is -0.678. The predicted molar refractivity (Wildman–Crippen MR) is 156 cm³/mol. The van der Waals surface area contributed by atoms with Crippen LogP contribution >= 0.6 is 23.2 Å². The lowest BCUT2D eigenvalue weighted by atomic mass is 10.1. The van der Waals surface area contributed by atoms with E-state index in [1.54, 1.807) is 49.4 Å². The summed E-state index contributed by atoms with van der Waals surface area (Å²) in [6, 6.07) is 18.8. The molecule has 10 heteroatoms. The van der Waals surface area contributed by atoms with Crippen LogP contribution in [0, 0.1) is 12.8 Å². The van der Waals surface area contributed by atoms with Gasteiger partial charge in [-0.05, 0) is 73.4 Å². The van der Waals surface area contributed by atoms with E-state index in [2.05, 4.69) is 5.32 Å². The molecule has 3 aromatic carbocycles. The Balaban J connectivity index is 2.02. The first-order valence-corrected chi connectivity index (χ1v) is 14.7. The lowest BCUT2D eigenvalue weighted by Gasteiger charge is -2.32. The van der Waals surface area contributed by atoms with Crippen LogP contribution in [0.3, 0.4) is 0 Å². The molecule has 1 atom stereocenters. The second-order valence-electron chi connectivity index (χ2n) is 9.73. The van der Waals surface area contributed by atoms with Crippen LogP contribution in [0.1, 0.15) is 31.9 Å². The molecule has 0 radical (unpaired) electrons. The highest BCUT2D eigenvalue weighted by Gasteiger charge is 2.32. The van der Waals surface area contributed by atoms with Gasteiger partial charge in [0, 0.05) is 23.1 Å². The van der Waals surface area contributed by atoms with Crippen molar-refractivity contribution >= 4 is 50.7 Å². The highest BCUT2D eigenvalue weighted by atomic mass is 35.5. The minimum Gasteiger partial charge on any atom is -0.354 e. The third kappa shape index (κ3) is 7.97. The topological polar surface area (TPSA) is 86.8 Å². The standard InChI is InChI=1S/C29H33Cl2N3O4S/c1-20(2)17-32-29(36)22(4)33(18-23-9-5-6-11-27(23)31)28(35)19-34(25-10-7-8-21(3)16-25)39(37,38)26-14-12-24(30)13-15-26/h5-16,20,22H,17-19H2,1-4H3,(H,32,36)/t22-/m0/s1. The summed E-state index contributed by atoms with van der Waals surface area (Å²) in [6.07, 6.45) is 0. The average Bonchev–Trinajstić information content (AvgIpc) is 2.89. The quantitative estimate of drug-likeness (QED) is 0.311. The highest BCUT2D eigenvalue weighted by molar-refractivity contribution is 7.92. The van der Waals surface area contributed by atoms with Crippen molar-refractivity contribution in [1.29, 1.82) is 0 Å². The largest absolute Gasteiger partial charge is 0.354 e. The van der Waals surface area contributed by atoms with Gasteiger partial charge in [0.15, 0.2) is 0 Å². The molecule has 0 saturated carbocycles. The van der Waals surface area contributed by atoms with Crippen molar-refractivity contribution in [3.63, 3.8) is 0 Å². The van der Waals surface area contributed by atoms with Gasteiger partial charge in [0.25, 0.3) is 10.0 Å². The van der Waals surface area contributed by atoms with Gasteiger partial charge in [-0.1, -0.05) is 67.4 Å². The summed E-state index contributed by atoms with van der Waals surface area (Å²) in [5, 5.41) is 3.69. The SMILES string of the molecule is Cc1cccc(N(CC(=O)N(Cc2ccccc2Cl)[C@@H](C)C(=O)NCC(C)C)S(=O)(=O)c2ccc(Cl)cc2)c1. The summed E-state index contributed by atoms with van der Waals surface area (Å²) >= 11 is 12.4. The summed E-state index contributed by atoms with van der Waals surface area (Å²) in [5.41, 5.74) is 1.79. The summed E-state index contributed by atoms with van der Waals surface area (Å²) < 4.78 is 28.7. The fourth-order valence-corrected chi connectivity index (χ4v) is 5.62. The van der Waals surface area contributed by atoms with E-state index in [1.165, 1.54) is 29.2 Å². The highest BCUT2D eigenvalue weighted by Crippen LogP contribution is 2.27. The molecule has 7 nitrogen and oxygen atoms in total. The zero-order valence-electron chi connectivity index (χ0n) is 22.4. The molecule has 208 valence electrons. The first-order chi connectivity index (χ1) is 18.4. The van der Waals surface area contributed by atoms with E-state index in [0.29, 0.717) is 27.8 Å². The second-order valence-corrected chi connectivity index (χ2v) is 12.4. The Morgan fingerprint density at radius 1 is 0.923 bits per heavy atom. The van der Waals surface area contributed by atoms with Crippen LogP contribution in [-0.4, -0.2) is 44.3 Å². The lowest BCUT2D eigenvalue weighted by molar-refractivity contribution is -0.139. The van der Waals surface area contributed by atoms with Gasteiger partial charge in [-0.2, -0.15) is 0 Å². The third-order valence-electron chi connectivity index (χ3n) is 6.12. The number of anilines is 1. The number of amides is 2. The number of aryl methyl sites for hydroxylation is 1. The molecule has 2 amide bonds. The molecule has 0 aliphatic carbocycles. The molecule has 3 rings (SSSR count). The predicted octanol–water partition coefficient (Wildman–Crippen LogP) is 5.69. The Bertz CT molecular complexity index is 1410. The Hall–Kier alpha value is -3.07. The monoisotopic (exact) mass is 589 g/mol. The van der Waals surface area contributed by atoms with Crippen molar-refractivity contribution in [1.82, 2.24) is 10.2 Å². The van der Waals surface area contributed by atoms with Gasteiger partial charge in [0.2, 0.25) is 11.8 Å². The molecule has 0 bridgehead atoms. The van der Waals surface area contributed by atoms with Gasteiger partial charge in [-0.3, -0.25) is 13.9 Å². The third-order valence-corrected chi connectivity index (χ3v) is 8.53. The number of hydrogen-bond donors (Lipinski definition) is 1. The molecule has 0 spiro atoms. The van der Waals surface area contributed by atoms with E-state index in [9.17, 15) is 18.0 Å². The molecule has 3 aromatic rings. The number of nitrogens with one attached hydrogen (secondary N) is 1. The fraction of sp³-hybridized carbons (Fsp3) is 0.310. The number of hydrogen-bond acceptors (Lipinski definition) is 4. The van der Waals surface area contributed by atoms with E-state index < -0.39 is 28.5 Å². The van der Waals surface area contributed by atoms with Crippen LogP contribution in [-0.2, 0) is 26.2 Å². The van der Waals surface area contributed by atoms with Gasteiger partial charge in [-0.15, -0.1) is 0 Å². The summed E-state index contributed by atoms with van der Waals surface area (Å²) in [6.45, 7) is 7.34. The van der Waals surface area contributed by atoms with Crippen molar-refractivity contribution in [3.8, 4) is 0 Å². The molecule has 1 N–H and O–H groups in total. The fourth-order valence-electron chi connectivity index (χ4n) is 3.89. The maximum Gasteiger partial charge on any atom is 0.264 e. The molecule has 0 fully saturated rings. The summed E-state index contributed by atoms with van der Waals surface area (Å²) in [4.78, 5) is 28.3. The van der Waals surface area contributed by atoms with Gasteiger partial charge < -0.3 is 10.2 Å². The Morgan fingerprint density at radius 3 is 2.21 bits per heavy atom. The van der Waals surface area contributed by atoms with E-state index >= 15 is 0 Å². The van der Waals surface area contributed by atoms with Gasteiger partial charge in [0.05, 0.1) is 10.6 Å². The van der Waals surface area contributed by atoms with E-state index in [1.807, 2.05) is 26.8 Å². The maximum atomic E-state index is 13.9. The molecule has 0 unspecified atom stereocenters. The van der Waals surface area contributed by atoms with E-state index in [0.717, 1.165) is 9.87 Å². The van der Waals surface area contributed by atoms with Crippen molar-refractivity contribution in [3.05, 3.63) is 94.0 Å². The van der Waals surface area contributed by atoms with E-state index in [4.69, 9.17) is 23.2 Å². The van der Waals surface area contributed by atoms with Crippen LogP contribution in [0.5, 0.6) is 0 Å². The number of carbonyl (C=O) groups excluding carboxylic acids is 2. The minimum atomic E-state index is -4.16. The van der Waals surface area contributed by atoms with Crippen LogP contribution in [0.4, 0.5) is 5.69 Å². The van der Waals surface area contributed by atoms with Crippen molar-refractivity contribution in [2.24, 2.45) is 5.92 Å². The number of benzene rings is 3. The van der Waals surface area contributed by atoms with Crippen LogP contribution in [0.2, 0.25) is 10.0 Å². The second kappa shape index (κ2) is 13.3. The molecule has 0 aliphatic heterocycles. The zero-order chi connectivity index (χ0) is 28.7. The molecule has 0 heterocycles. The first-order valence-electron chi connectivity index (χ1n) is 12.6. The normalized spacial score (nSPS) is 12.2. The van der Waals surface area contributed by atoms with Crippen LogP contribution in [0.25, 0.3) is 0 Å². The van der Waals surface area contributed by atoms with Gasteiger partial charge in [0.1, 0.15) is 12.6 Å². The van der Waals surface area contributed by atoms with E-state index in [-0.39, 0.29) is 23.3 Å². The maximum absolute atomic E-state index is 13.9. The smallest absolute Gasteiger partial charge is 0.264 e. The Labute approximate surface area is 240 Å². The molecular formula is C29H33Cl2N3O4S. The minimum absolute atomic E-state index is 0.0124. The molecule has 39 heavy (non-hydrogen) atoms. The average molecular weight is 591 g/mol. The Morgan fingerprint density at radius 2 is 1.59 bits per heavy atom. The van der Waals surface area contributed by atoms with Gasteiger partial charge >= 0.3 is 0 Å².